The second kappa shape index (κ2) is 7.16. The van der Waals surface area contributed by atoms with Gasteiger partial charge in [0.2, 0.25) is 0 Å². The Balaban J connectivity index is 1.85. The molecule has 24 heavy (non-hydrogen) atoms. The van der Waals surface area contributed by atoms with Crippen molar-refractivity contribution in [2.24, 2.45) is 0 Å². The molecule has 0 aliphatic heterocycles. The SMILES string of the molecule is CCN(CC(=O)O)C1CC(NC(=O)c2ccc(C(F)(F)F)nc2)C1. The molecule has 0 aromatic carbocycles. The average molecular weight is 345 g/mol. The molecule has 6 nitrogen and oxygen atoms in total. The molecule has 0 spiro atoms. The number of carboxylic acids is 1. The van der Waals surface area contributed by atoms with Crippen LogP contribution in [0.5, 0.6) is 0 Å². The number of hydrogen-bond donors (Lipinski definition) is 2. The molecular weight excluding hydrogens is 327 g/mol. The maximum atomic E-state index is 12.4. The maximum Gasteiger partial charge on any atom is 0.433 e. The molecule has 1 amide bonds. The second-order valence-electron chi connectivity index (χ2n) is 5.68. The Hall–Kier alpha value is -2.16. The van der Waals surface area contributed by atoms with Crippen molar-refractivity contribution in [3.8, 4) is 0 Å². The van der Waals surface area contributed by atoms with Crippen molar-refractivity contribution in [2.75, 3.05) is 13.1 Å². The number of carbonyl (C=O) groups excluding carboxylic acids is 1. The third-order valence-electron chi connectivity index (χ3n) is 4.03. The molecule has 1 heterocycles. The molecule has 0 unspecified atom stereocenters. The minimum atomic E-state index is -4.54. The van der Waals surface area contributed by atoms with Crippen LogP contribution in [-0.2, 0) is 11.0 Å². The number of rotatable bonds is 6. The van der Waals surface area contributed by atoms with Crippen molar-refractivity contribution in [1.82, 2.24) is 15.2 Å². The predicted octanol–water partition coefficient (Wildman–Crippen LogP) is 1.77. The number of hydrogen-bond acceptors (Lipinski definition) is 4. The van der Waals surface area contributed by atoms with Gasteiger partial charge >= 0.3 is 12.1 Å². The number of aromatic nitrogens is 1. The summed E-state index contributed by atoms with van der Waals surface area (Å²) in [5.41, 5.74) is -0.987. The normalized spacial score (nSPS) is 20.5. The molecule has 1 fully saturated rings. The van der Waals surface area contributed by atoms with Crippen molar-refractivity contribution in [3.05, 3.63) is 29.6 Å². The minimum Gasteiger partial charge on any atom is -0.480 e. The van der Waals surface area contributed by atoms with Crippen molar-refractivity contribution < 1.29 is 27.9 Å². The number of carboxylic acid groups (broad SMARTS) is 1. The largest absolute Gasteiger partial charge is 0.480 e. The van der Waals surface area contributed by atoms with E-state index in [2.05, 4.69) is 10.3 Å². The molecule has 0 saturated heterocycles. The van der Waals surface area contributed by atoms with Crippen LogP contribution in [0.2, 0.25) is 0 Å². The Morgan fingerprint density at radius 1 is 1.38 bits per heavy atom. The van der Waals surface area contributed by atoms with Gasteiger partial charge in [-0.15, -0.1) is 0 Å². The Kier molecular flexibility index (Phi) is 5.43. The molecule has 0 radical (unpaired) electrons. The lowest BCUT2D eigenvalue weighted by atomic mass is 9.85. The van der Waals surface area contributed by atoms with Crippen LogP contribution in [0.3, 0.4) is 0 Å². The van der Waals surface area contributed by atoms with Crippen molar-refractivity contribution in [3.63, 3.8) is 0 Å². The molecule has 2 rings (SSSR count). The first kappa shape index (κ1) is 18.2. The van der Waals surface area contributed by atoms with Gasteiger partial charge < -0.3 is 10.4 Å². The summed E-state index contributed by atoms with van der Waals surface area (Å²) in [5.74, 6) is -1.39. The van der Waals surface area contributed by atoms with Gasteiger partial charge in [0.25, 0.3) is 5.91 Å². The number of carbonyl (C=O) groups is 2. The van der Waals surface area contributed by atoms with E-state index in [4.69, 9.17) is 5.11 Å². The Labute approximate surface area is 136 Å². The summed E-state index contributed by atoms with van der Waals surface area (Å²) in [6, 6.07) is 1.82. The molecule has 132 valence electrons. The lowest BCUT2D eigenvalue weighted by Crippen LogP contribution is -2.54. The number of pyridine rings is 1. The van der Waals surface area contributed by atoms with Crippen LogP contribution in [-0.4, -0.2) is 52.0 Å². The number of nitrogens with zero attached hydrogens (tertiary/aromatic N) is 2. The third-order valence-corrected chi connectivity index (χ3v) is 4.03. The highest BCUT2D eigenvalue weighted by molar-refractivity contribution is 5.94. The first-order valence-corrected chi connectivity index (χ1v) is 7.50. The van der Waals surface area contributed by atoms with Crippen LogP contribution in [0, 0.1) is 0 Å². The lowest BCUT2D eigenvalue weighted by molar-refractivity contribution is -0.141. The summed E-state index contributed by atoms with van der Waals surface area (Å²) in [5, 5.41) is 11.5. The fourth-order valence-electron chi connectivity index (χ4n) is 2.64. The topological polar surface area (TPSA) is 82.5 Å². The Bertz CT molecular complexity index is 598. The minimum absolute atomic E-state index is 0.0509. The second-order valence-corrected chi connectivity index (χ2v) is 5.68. The molecule has 1 aliphatic carbocycles. The fraction of sp³-hybridized carbons (Fsp3) is 0.533. The summed E-state index contributed by atoms with van der Waals surface area (Å²) in [6.07, 6.45) is -2.41. The van der Waals surface area contributed by atoms with Gasteiger partial charge in [0.1, 0.15) is 5.69 Å². The van der Waals surface area contributed by atoms with E-state index in [0.717, 1.165) is 18.3 Å². The molecule has 1 aromatic heterocycles. The fourth-order valence-corrected chi connectivity index (χ4v) is 2.64. The molecule has 1 aliphatic rings. The van der Waals surface area contributed by atoms with Gasteiger partial charge in [-0.25, -0.2) is 0 Å². The van der Waals surface area contributed by atoms with Crippen molar-refractivity contribution >= 4 is 11.9 Å². The van der Waals surface area contributed by atoms with Gasteiger partial charge in [-0.2, -0.15) is 13.2 Å². The number of nitrogens with one attached hydrogen (secondary N) is 1. The highest BCUT2D eigenvalue weighted by atomic mass is 19.4. The van der Waals surface area contributed by atoms with E-state index in [1.165, 1.54) is 0 Å². The van der Waals surface area contributed by atoms with Gasteiger partial charge in [-0.1, -0.05) is 6.92 Å². The number of alkyl halides is 3. The van der Waals surface area contributed by atoms with E-state index in [9.17, 15) is 22.8 Å². The van der Waals surface area contributed by atoms with Crippen LogP contribution in [0.25, 0.3) is 0 Å². The predicted molar refractivity (Wildman–Crippen MR) is 78.4 cm³/mol. The third kappa shape index (κ3) is 4.44. The zero-order chi connectivity index (χ0) is 17.9. The smallest absolute Gasteiger partial charge is 0.433 e. The van der Waals surface area contributed by atoms with Gasteiger partial charge in [0, 0.05) is 18.3 Å². The molecule has 2 N–H and O–H groups in total. The zero-order valence-electron chi connectivity index (χ0n) is 13.0. The van der Waals surface area contributed by atoms with Gasteiger partial charge in [0.05, 0.1) is 12.1 Å². The summed E-state index contributed by atoms with van der Waals surface area (Å²) in [7, 11) is 0. The van der Waals surface area contributed by atoms with Gasteiger partial charge in [-0.05, 0) is 31.5 Å². The first-order valence-electron chi connectivity index (χ1n) is 7.50. The number of aliphatic carboxylic acids is 1. The van der Waals surface area contributed by atoms with Crippen LogP contribution in [0.15, 0.2) is 18.3 Å². The monoisotopic (exact) mass is 345 g/mol. The zero-order valence-corrected chi connectivity index (χ0v) is 13.0. The molecule has 0 bridgehead atoms. The summed E-state index contributed by atoms with van der Waals surface area (Å²) < 4.78 is 37.3. The van der Waals surface area contributed by atoms with Crippen LogP contribution in [0.1, 0.15) is 35.8 Å². The van der Waals surface area contributed by atoms with E-state index in [0.29, 0.717) is 19.4 Å². The number of halogens is 3. The first-order chi connectivity index (χ1) is 11.2. The van der Waals surface area contributed by atoms with Gasteiger partial charge in [0.15, 0.2) is 0 Å². The lowest BCUT2D eigenvalue weighted by Gasteiger charge is -2.42. The van der Waals surface area contributed by atoms with E-state index in [1.807, 2.05) is 11.8 Å². The standard InChI is InChI=1S/C15H18F3N3O3/c1-2-21(8-13(22)23)11-5-10(6-11)20-14(24)9-3-4-12(19-7-9)15(16,17)18/h3-4,7,10-11H,2,5-6,8H2,1H3,(H,20,24)(H,22,23). The maximum absolute atomic E-state index is 12.4. The van der Waals surface area contributed by atoms with Gasteiger partial charge in [-0.3, -0.25) is 19.5 Å². The Morgan fingerprint density at radius 2 is 2.04 bits per heavy atom. The van der Waals surface area contributed by atoms with E-state index >= 15 is 0 Å². The van der Waals surface area contributed by atoms with Crippen LogP contribution < -0.4 is 5.32 Å². The van der Waals surface area contributed by atoms with E-state index in [-0.39, 0.29) is 24.2 Å². The average Bonchev–Trinajstić information content (AvgIpc) is 2.47. The molecule has 0 atom stereocenters. The summed E-state index contributed by atoms with van der Waals surface area (Å²) >= 11 is 0. The summed E-state index contributed by atoms with van der Waals surface area (Å²) in [4.78, 5) is 27.8. The Morgan fingerprint density at radius 3 is 2.50 bits per heavy atom. The van der Waals surface area contributed by atoms with Crippen LogP contribution in [0.4, 0.5) is 13.2 Å². The number of likely N-dealkylation sites (N-methyl/N-ethyl adjacent to an activating group) is 1. The molecule has 9 heteroatoms. The summed E-state index contributed by atoms with van der Waals surface area (Å²) in [6.45, 7) is 2.41. The molecular formula is C15H18F3N3O3. The molecule has 1 aromatic rings. The quantitative estimate of drug-likeness (QED) is 0.821. The van der Waals surface area contributed by atoms with E-state index in [1.54, 1.807) is 0 Å². The highest BCUT2D eigenvalue weighted by Gasteiger charge is 2.35. The van der Waals surface area contributed by atoms with Crippen molar-refractivity contribution in [2.45, 2.75) is 38.0 Å². The molecule has 1 saturated carbocycles. The highest BCUT2D eigenvalue weighted by Crippen LogP contribution is 2.28. The van der Waals surface area contributed by atoms with Crippen molar-refractivity contribution in [1.29, 1.82) is 0 Å². The van der Waals surface area contributed by atoms with E-state index < -0.39 is 23.7 Å². The van der Waals surface area contributed by atoms with Crippen LogP contribution >= 0.6 is 0 Å². The number of amides is 1.